The van der Waals surface area contributed by atoms with Crippen LogP contribution >= 0.6 is 0 Å². The van der Waals surface area contributed by atoms with E-state index in [1.807, 2.05) is 13.8 Å². The minimum absolute atomic E-state index is 0.0914. The number of quaternary nitrogens is 1. The van der Waals surface area contributed by atoms with Crippen molar-refractivity contribution in [1.29, 1.82) is 0 Å². The molecule has 1 aromatic rings. The molecule has 1 aromatic carbocycles. The Kier molecular flexibility index (Phi) is 5.34. The largest absolute Gasteiger partial charge is 0.416 e. The lowest BCUT2D eigenvalue weighted by molar-refractivity contribution is -0.953. The molecule has 1 aliphatic heterocycles. The number of ether oxygens (including phenoxy) is 1. The third-order valence-electron chi connectivity index (χ3n) is 4.30. The lowest BCUT2D eigenvalue weighted by Crippen LogP contribution is -3.21. The van der Waals surface area contributed by atoms with E-state index < -0.39 is 22.4 Å². The van der Waals surface area contributed by atoms with Gasteiger partial charge in [-0.25, -0.2) is 0 Å². The number of nitrogens with zero attached hydrogens (tertiary/aromatic N) is 1. The predicted molar refractivity (Wildman–Crippen MR) is 82.2 cm³/mol. The van der Waals surface area contributed by atoms with Crippen LogP contribution in [0.5, 0.6) is 0 Å². The Hall–Kier alpha value is -1.87. The van der Waals surface area contributed by atoms with Gasteiger partial charge in [0.1, 0.15) is 24.3 Å². The van der Waals surface area contributed by atoms with E-state index >= 15 is 0 Å². The van der Waals surface area contributed by atoms with Gasteiger partial charge in [-0.1, -0.05) is 0 Å². The fourth-order valence-electron chi connectivity index (χ4n) is 2.74. The fraction of sp³-hybridized carbons (Fsp3) is 0.600. The van der Waals surface area contributed by atoms with Crippen LogP contribution in [0.1, 0.15) is 19.4 Å². The van der Waals surface area contributed by atoms with Crippen LogP contribution in [0, 0.1) is 10.1 Å². The van der Waals surface area contributed by atoms with E-state index in [-0.39, 0.29) is 11.2 Å². The number of rotatable bonds is 5. The lowest BCUT2D eigenvalue weighted by atomic mass is 10.0. The molecule has 2 N–H and O–H groups in total. The standard InChI is InChI=1S/C15H20F3N3O3/c1-14(2,20-5-7-24-8-6-20)10-19-12-4-3-11(15(16,17)18)9-13(12)21(22)23/h3-4,9,19H,5-8,10H2,1-2H3/p+1. The number of anilines is 1. The summed E-state index contributed by atoms with van der Waals surface area (Å²) in [6.07, 6.45) is -4.61. The molecular formula is C15H21F3N3O3+. The number of hydrogen-bond donors (Lipinski definition) is 2. The second kappa shape index (κ2) is 6.94. The van der Waals surface area contributed by atoms with Crippen molar-refractivity contribution in [3.63, 3.8) is 0 Å². The van der Waals surface area contributed by atoms with E-state index in [4.69, 9.17) is 4.74 Å². The van der Waals surface area contributed by atoms with Crippen LogP contribution in [-0.2, 0) is 10.9 Å². The van der Waals surface area contributed by atoms with Gasteiger partial charge in [0.25, 0.3) is 5.69 Å². The quantitative estimate of drug-likeness (QED) is 0.628. The van der Waals surface area contributed by atoms with E-state index in [1.54, 1.807) is 0 Å². The Morgan fingerprint density at radius 1 is 1.29 bits per heavy atom. The van der Waals surface area contributed by atoms with Gasteiger partial charge in [-0.3, -0.25) is 10.1 Å². The second-order valence-electron chi connectivity index (χ2n) is 6.44. The van der Waals surface area contributed by atoms with Crippen molar-refractivity contribution in [3.8, 4) is 0 Å². The van der Waals surface area contributed by atoms with E-state index in [0.29, 0.717) is 25.8 Å². The highest BCUT2D eigenvalue weighted by atomic mass is 19.4. The topological polar surface area (TPSA) is 68.8 Å². The van der Waals surface area contributed by atoms with Gasteiger partial charge in [0.15, 0.2) is 0 Å². The molecule has 0 spiro atoms. The molecule has 2 rings (SSSR count). The van der Waals surface area contributed by atoms with Crippen molar-refractivity contribution in [1.82, 2.24) is 0 Å². The van der Waals surface area contributed by atoms with Crippen LogP contribution < -0.4 is 10.2 Å². The summed E-state index contributed by atoms with van der Waals surface area (Å²) >= 11 is 0. The fourth-order valence-corrected chi connectivity index (χ4v) is 2.74. The molecule has 0 unspecified atom stereocenters. The van der Waals surface area contributed by atoms with Gasteiger partial charge in [-0.05, 0) is 26.0 Å². The van der Waals surface area contributed by atoms with Crippen molar-refractivity contribution < 1.29 is 27.7 Å². The normalized spacial score (nSPS) is 16.9. The van der Waals surface area contributed by atoms with Crippen molar-refractivity contribution in [2.45, 2.75) is 25.6 Å². The Morgan fingerprint density at radius 3 is 2.46 bits per heavy atom. The Balaban J connectivity index is 2.15. The highest BCUT2D eigenvalue weighted by Crippen LogP contribution is 2.35. The van der Waals surface area contributed by atoms with Crippen LogP contribution in [-0.4, -0.2) is 43.3 Å². The van der Waals surface area contributed by atoms with Gasteiger partial charge in [0.05, 0.1) is 30.2 Å². The molecule has 9 heteroatoms. The zero-order chi connectivity index (χ0) is 18.0. The molecule has 1 aliphatic rings. The zero-order valence-corrected chi connectivity index (χ0v) is 13.6. The average Bonchev–Trinajstić information content (AvgIpc) is 2.52. The second-order valence-corrected chi connectivity index (χ2v) is 6.44. The summed E-state index contributed by atoms with van der Waals surface area (Å²) in [5, 5.41) is 14.0. The van der Waals surface area contributed by atoms with Gasteiger partial charge in [0.2, 0.25) is 0 Å². The smallest absolute Gasteiger partial charge is 0.373 e. The van der Waals surface area contributed by atoms with Crippen molar-refractivity contribution in [2.24, 2.45) is 0 Å². The number of alkyl halides is 3. The van der Waals surface area contributed by atoms with Crippen LogP contribution in [0.25, 0.3) is 0 Å². The molecule has 1 fully saturated rings. The summed E-state index contributed by atoms with van der Waals surface area (Å²) in [5.74, 6) is 0. The molecule has 24 heavy (non-hydrogen) atoms. The number of morpholine rings is 1. The summed E-state index contributed by atoms with van der Waals surface area (Å²) < 4.78 is 43.5. The minimum atomic E-state index is -4.61. The van der Waals surface area contributed by atoms with Crippen molar-refractivity contribution in [2.75, 3.05) is 38.2 Å². The highest BCUT2D eigenvalue weighted by Gasteiger charge is 2.35. The highest BCUT2D eigenvalue weighted by molar-refractivity contribution is 5.63. The Labute approximate surface area is 137 Å². The van der Waals surface area contributed by atoms with Crippen molar-refractivity contribution >= 4 is 11.4 Å². The number of nitro benzene ring substituents is 1. The van der Waals surface area contributed by atoms with Gasteiger partial charge in [-0.15, -0.1) is 0 Å². The third-order valence-corrected chi connectivity index (χ3v) is 4.30. The van der Waals surface area contributed by atoms with Gasteiger partial charge in [0, 0.05) is 6.07 Å². The molecule has 6 nitrogen and oxygen atoms in total. The molecule has 1 saturated heterocycles. The third kappa shape index (κ3) is 4.35. The first-order valence-electron chi connectivity index (χ1n) is 7.64. The van der Waals surface area contributed by atoms with Gasteiger partial charge < -0.3 is 15.0 Å². The van der Waals surface area contributed by atoms with Gasteiger partial charge >= 0.3 is 6.18 Å². The average molecular weight is 348 g/mol. The van der Waals surface area contributed by atoms with E-state index in [9.17, 15) is 23.3 Å². The van der Waals surface area contributed by atoms with Crippen molar-refractivity contribution in [3.05, 3.63) is 33.9 Å². The number of benzene rings is 1. The minimum Gasteiger partial charge on any atom is -0.373 e. The van der Waals surface area contributed by atoms with E-state index in [0.717, 1.165) is 25.2 Å². The van der Waals surface area contributed by atoms with E-state index in [2.05, 4.69) is 5.32 Å². The van der Waals surface area contributed by atoms with Crippen LogP contribution in [0.3, 0.4) is 0 Å². The van der Waals surface area contributed by atoms with Crippen LogP contribution in [0.15, 0.2) is 18.2 Å². The number of halogens is 3. The lowest BCUT2D eigenvalue weighted by Gasteiger charge is -2.37. The predicted octanol–water partition coefficient (Wildman–Crippen LogP) is 1.72. The monoisotopic (exact) mass is 348 g/mol. The molecule has 0 aliphatic carbocycles. The SMILES string of the molecule is CC(C)(CNc1ccc(C(F)(F)F)cc1[N+](=O)[O-])[NH+]1CCOCC1. The van der Waals surface area contributed by atoms with Gasteiger partial charge in [-0.2, -0.15) is 13.2 Å². The summed E-state index contributed by atoms with van der Waals surface area (Å²) in [6.45, 7) is 7.37. The molecule has 0 aromatic heterocycles. The maximum atomic E-state index is 12.7. The van der Waals surface area contributed by atoms with Crippen LogP contribution in [0.2, 0.25) is 0 Å². The molecule has 0 amide bonds. The number of nitrogens with one attached hydrogen (secondary N) is 2. The summed E-state index contributed by atoms with van der Waals surface area (Å²) in [4.78, 5) is 11.6. The maximum Gasteiger partial charge on any atom is 0.416 e. The Bertz CT molecular complexity index is 599. The number of nitro groups is 1. The molecule has 0 atom stereocenters. The molecule has 0 saturated carbocycles. The number of hydrogen-bond acceptors (Lipinski definition) is 4. The molecule has 0 radical (unpaired) electrons. The zero-order valence-electron chi connectivity index (χ0n) is 13.6. The molecule has 134 valence electrons. The maximum absolute atomic E-state index is 12.7. The first-order chi connectivity index (χ1) is 11.1. The van der Waals surface area contributed by atoms with E-state index in [1.165, 1.54) is 4.90 Å². The molecule has 1 heterocycles. The first kappa shape index (κ1) is 18.5. The summed E-state index contributed by atoms with van der Waals surface area (Å²) in [7, 11) is 0. The Morgan fingerprint density at radius 2 is 1.92 bits per heavy atom. The molecular weight excluding hydrogens is 327 g/mol. The summed E-state index contributed by atoms with van der Waals surface area (Å²) in [6, 6.07) is 2.53. The van der Waals surface area contributed by atoms with Crippen LogP contribution in [0.4, 0.5) is 24.5 Å². The first-order valence-corrected chi connectivity index (χ1v) is 7.64. The molecule has 0 bridgehead atoms. The summed E-state index contributed by atoms with van der Waals surface area (Å²) in [5.41, 5.74) is -1.75.